The van der Waals surface area contributed by atoms with Crippen molar-refractivity contribution in [3.63, 3.8) is 0 Å². The number of halogens is 2. The Morgan fingerprint density at radius 1 is 1.11 bits per heavy atom. The molecule has 0 aliphatic carbocycles. The fourth-order valence-corrected chi connectivity index (χ4v) is 1.70. The van der Waals surface area contributed by atoms with E-state index in [0.717, 1.165) is 17.1 Å². The van der Waals surface area contributed by atoms with E-state index < -0.39 is 6.61 Å². The molecular formula is C14H15F2NO2. The van der Waals surface area contributed by atoms with Gasteiger partial charge in [0, 0.05) is 6.54 Å². The van der Waals surface area contributed by atoms with Crippen molar-refractivity contribution in [3.8, 4) is 5.75 Å². The van der Waals surface area contributed by atoms with Crippen LogP contribution >= 0.6 is 0 Å². The average molecular weight is 267 g/mol. The van der Waals surface area contributed by atoms with E-state index in [4.69, 9.17) is 4.42 Å². The lowest BCUT2D eigenvalue weighted by atomic mass is 10.2. The lowest BCUT2D eigenvalue weighted by molar-refractivity contribution is -0.0498. The SMILES string of the molecule is Cc1ccc(CNCc2ccc(OC(F)F)cc2)o1. The zero-order valence-electron chi connectivity index (χ0n) is 10.5. The molecule has 2 aromatic rings. The first kappa shape index (κ1) is 13.5. The molecule has 0 saturated heterocycles. The number of hydrogen-bond donors (Lipinski definition) is 1. The van der Waals surface area contributed by atoms with Gasteiger partial charge in [-0.1, -0.05) is 12.1 Å². The number of aryl methyl sites for hydroxylation is 1. The third-order valence-electron chi connectivity index (χ3n) is 2.57. The number of benzene rings is 1. The summed E-state index contributed by atoms with van der Waals surface area (Å²) in [6.07, 6.45) is 0. The van der Waals surface area contributed by atoms with E-state index in [2.05, 4.69) is 10.1 Å². The summed E-state index contributed by atoms with van der Waals surface area (Å²) in [5, 5.41) is 3.21. The minimum atomic E-state index is -2.79. The van der Waals surface area contributed by atoms with Crippen molar-refractivity contribution < 1.29 is 17.9 Å². The maximum atomic E-state index is 12.0. The topological polar surface area (TPSA) is 34.4 Å². The van der Waals surface area contributed by atoms with Crippen LogP contribution in [0, 0.1) is 6.92 Å². The molecule has 0 bridgehead atoms. The normalized spacial score (nSPS) is 10.9. The summed E-state index contributed by atoms with van der Waals surface area (Å²) >= 11 is 0. The Balaban J connectivity index is 1.79. The zero-order chi connectivity index (χ0) is 13.7. The van der Waals surface area contributed by atoms with Gasteiger partial charge in [0.2, 0.25) is 0 Å². The molecule has 1 N–H and O–H groups in total. The zero-order valence-corrected chi connectivity index (χ0v) is 10.5. The molecule has 0 fully saturated rings. The molecule has 0 aliphatic rings. The van der Waals surface area contributed by atoms with Gasteiger partial charge >= 0.3 is 6.61 Å². The number of hydrogen-bond acceptors (Lipinski definition) is 3. The predicted octanol–water partition coefficient (Wildman–Crippen LogP) is 3.48. The summed E-state index contributed by atoms with van der Waals surface area (Å²) in [6, 6.07) is 10.4. The fourth-order valence-electron chi connectivity index (χ4n) is 1.70. The second kappa shape index (κ2) is 6.33. The van der Waals surface area contributed by atoms with Gasteiger partial charge in [0.15, 0.2) is 0 Å². The van der Waals surface area contributed by atoms with Crippen LogP contribution in [0.1, 0.15) is 17.1 Å². The highest BCUT2D eigenvalue weighted by Crippen LogP contribution is 2.15. The van der Waals surface area contributed by atoms with Gasteiger partial charge in [0.1, 0.15) is 17.3 Å². The van der Waals surface area contributed by atoms with Gasteiger partial charge in [-0.05, 0) is 36.8 Å². The van der Waals surface area contributed by atoms with Crippen molar-refractivity contribution in [2.24, 2.45) is 0 Å². The van der Waals surface area contributed by atoms with E-state index in [1.165, 1.54) is 12.1 Å². The van der Waals surface area contributed by atoms with Crippen LogP contribution in [0.5, 0.6) is 5.75 Å². The Morgan fingerprint density at radius 3 is 2.42 bits per heavy atom. The van der Waals surface area contributed by atoms with Crippen LogP contribution in [0.3, 0.4) is 0 Å². The van der Waals surface area contributed by atoms with Crippen LogP contribution in [0.15, 0.2) is 40.8 Å². The minimum Gasteiger partial charge on any atom is -0.465 e. The minimum absolute atomic E-state index is 0.167. The highest BCUT2D eigenvalue weighted by atomic mass is 19.3. The Kier molecular flexibility index (Phi) is 4.52. The number of furan rings is 1. The Morgan fingerprint density at radius 2 is 1.84 bits per heavy atom. The molecule has 0 atom stereocenters. The van der Waals surface area contributed by atoms with Crippen LogP contribution in [0.25, 0.3) is 0 Å². The van der Waals surface area contributed by atoms with Gasteiger partial charge in [0.05, 0.1) is 6.54 Å². The fraction of sp³-hybridized carbons (Fsp3) is 0.286. The molecule has 2 rings (SSSR count). The van der Waals surface area contributed by atoms with Gasteiger partial charge in [0.25, 0.3) is 0 Å². The lowest BCUT2D eigenvalue weighted by Gasteiger charge is -2.06. The molecule has 0 radical (unpaired) electrons. The predicted molar refractivity (Wildman–Crippen MR) is 67.1 cm³/mol. The quantitative estimate of drug-likeness (QED) is 0.870. The second-order valence-corrected chi connectivity index (χ2v) is 4.14. The van der Waals surface area contributed by atoms with Crippen molar-refractivity contribution in [1.29, 1.82) is 0 Å². The van der Waals surface area contributed by atoms with E-state index >= 15 is 0 Å². The summed E-state index contributed by atoms with van der Waals surface area (Å²) < 4.78 is 33.6. The molecule has 1 aromatic heterocycles. The molecule has 0 amide bonds. The third kappa shape index (κ3) is 4.37. The molecule has 1 heterocycles. The highest BCUT2D eigenvalue weighted by Gasteiger charge is 2.03. The average Bonchev–Trinajstić information content (AvgIpc) is 2.77. The summed E-state index contributed by atoms with van der Waals surface area (Å²) in [5.74, 6) is 1.92. The second-order valence-electron chi connectivity index (χ2n) is 4.14. The standard InChI is InChI=1S/C14H15F2NO2/c1-10-2-5-13(18-10)9-17-8-11-3-6-12(7-4-11)19-14(15)16/h2-7,14,17H,8-9H2,1H3. The number of rotatable bonds is 6. The van der Waals surface area contributed by atoms with Crippen LogP contribution in [0.2, 0.25) is 0 Å². The van der Waals surface area contributed by atoms with E-state index in [9.17, 15) is 8.78 Å². The van der Waals surface area contributed by atoms with Crippen LogP contribution in [0.4, 0.5) is 8.78 Å². The van der Waals surface area contributed by atoms with Crippen LogP contribution < -0.4 is 10.1 Å². The van der Waals surface area contributed by atoms with Gasteiger partial charge in [-0.15, -0.1) is 0 Å². The first-order valence-electron chi connectivity index (χ1n) is 5.93. The number of nitrogens with one attached hydrogen (secondary N) is 1. The molecule has 3 nitrogen and oxygen atoms in total. The largest absolute Gasteiger partial charge is 0.465 e. The number of ether oxygens (including phenoxy) is 1. The molecular weight excluding hydrogens is 252 g/mol. The summed E-state index contributed by atoms with van der Waals surface area (Å²) in [7, 11) is 0. The molecule has 0 spiro atoms. The van der Waals surface area contributed by atoms with Crippen molar-refractivity contribution >= 4 is 0 Å². The molecule has 1 aromatic carbocycles. The van der Waals surface area contributed by atoms with Crippen molar-refractivity contribution in [2.45, 2.75) is 26.6 Å². The van der Waals surface area contributed by atoms with Crippen LogP contribution in [-0.4, -0.2) is 6.61 Å². The molecule has 19 heavy (non-hydrogen) atoms. The van der Waals surface area contributed by atoms with E-state index in [1.54, 1.807) is 12.1 Å². The molecule has 5 heteroatoms. The Bertz CT molecular complexity index is 508. The summed E-state index contributed by atoms with van der Waals surface area (Å²) in [5.41, 5.74) is 0.991. The van der Waals surface area contributed by atoms with Crippen molar-refractivity contribution in [3.05, 3.63) is 53.5 Å². The summed E-state index contributed by atoms with van der Waals surface area (Å²) in [6.45, 7) is 0.370. The number of alkyl halides is 2. The Hall–Kier alpha value is -1.88. The highest BCUT2D eigenvalue weighted by molar-refractivity contribution is 5.27. The maximum Gasteiger partial charge on any atom is 0.387 e. The van der Waals surface area contributed by atoms with E-state index in [1.807, 2.05) is 19.1 Å². The molecule has 0 saturated carbocycles. The van der Waals surface area contributed by atoms with Crippen molar-refractivity contribution in [1.82, 2.24) is 5.32 Å². The van der Waals surface area contributed by atoms with Crippen molar-refractivity contribution in [2.75, 3.05) is 0 Å². The Labute approximate surface area is 110 Å². The van der Waals surface area contributed by atoms with E-state index in [0.29, 0.717) is 13.1 Å². The summed E-state index contributed by atoms with van der Waals surface area (Å²) in [4.78, 5) is 0. The molecule has 102 valence electrons. The first-order chi connectivity index (χ1) is 9.13. The van der Waals surface area contributed by atoms with Gasteiger partial charge < -0.3 is 14.5 Å². The monoisotopic (exact) mass is 267 g/mol. The van der Waals surface area contributed by atoms with Gasteiger partial charge in [-0.25, -0.2) is 0 Å². The smallest absolute Gasteiger partial charge is 0.387 e. The van der Waals surface area contributed by atoms with Gasteiger partial charge in [-0.2, -0.15) is 8.78 Å². The van der Waals surface area contributed by atoms with E-state index in [-0.39, 0.29) is 5.75 Å². The lowest BCUT2D eigenvalue weighted by Crippen LogP contribution is -2.12. The molecule has 0 unspecified atom stereocenters. The van der Waals surface area contributed by atoms with Gasteiger partial charge in [-0.3, -0.25) is 0 Å². The third-order valence-corrected chi connectivity index (χ3v) is 2.57. The maximum absolute atomic E-state index is 12.0. The molecule has 0 aliphatic heterocycles. The first-order valence-corrected chi connectivity index (χ1v) is 5.93. The van der Waals surface area contributed by atoms with Crippen LogP contribution in [-0.2, 0) is 13.1 Å².